The van der Waals surface area contributed by atoms with E-state index in [9.17, 15) is 0 Å². The highest BCUT2D eigenvalue weighted by Crippen LogP contribution is 2.52. The van der Waals surface area contributed by atoms with Gasteiger partial charge in [-0.1, -0.05) is 135 Å². The second kappa shape index (κ2) is 10.3. The average Bonchev–Trinajstić information content (AvgIpc) is 3.71. The zero-order chi connectivity index (χ0) is 29.7. The van der Waals surface area contributed by atoms with Crippen molar-refractivity contribution in [1.82, 2.24) is 9.97 Å². The molecular weight excluding hydrogens is 536 g/mol. The van der Waals surface area contributed by atoms with E-state index in [1.165, 1.54) is 44.5 Å². The highest BCUT2D eigenvalue weighted by Gasteiger charge is 2.37. The number of aromatic nitrogens is 2. The van der Waals surface area contributed by atoms with E-state index >= 15 is 0 Å². The summed E-state index contributed by atoms with van der Waals surface area (Å²) in [5.74, 6) is 1.21. The van der Waals surface area contributed by atoms with Crippen molar-refractivity contribution in [3.8, 4) is 67.5 Å². The van der Waals surface area contributed by atoms with Gasteiger partial charge in [0.2, 0.25) is 0 Å². The Kier molecular flexibility index (Phi) is 6.13. The number of fused-ring (bicyclic) bond motifs is 3. The van der Waals surface area contributed by atoms with Gasteiger partial charge in [-0.15, -0.1) is 0 Å². The zero-order valence-electron chi connectivity index (χ0n) is 24.7. The number of hydrogen-bond acceptors (Lipinski definition) is 3. The molecule has 1 aliphatic carbocycles. The molecule has 0 spiro atoms. The molecule has 7 aromatic rings. The summed E-state index contributed by atoms with van der Waals surface area (Å²) in [7, 11) is 0. The summed E-state index contributed by atoms with van der Waals surface area (Å²) < 4.78 is 5.72. The van der Waals surface area contributed by atoms with Crippen molar-refractivity contribution >= 4 is 0 Å². The van der Waals surface area contributed by atoms with E-state index in [-0.39, 0.29) is 5.41 Å². The minimum absolute atomic E-state index is 0.0727. The molecular formula is C41H30N2O. The lowest BCUT2D eigenvalue weighted by Gasteiger charge is -2.24. The van der Waals surface area contributed by atoms with Gasteiger partial charge in [0.05, 0.1) is 17.7 Å². The maximum Gasteiger partial charge on any atom is 0.196 e. The van der Waals surface area contributed by atoms with E-state index in [1.807, 2.05) is 18.2 Å². The largest absolute Gasteiger partial charge is 0.461 e. The Morgan fingerprint density at radius 3 is 1.73 bits per heavy atom. The van der Waals surface area contributed by atoms with Crippen LogP contribution in [0.25, 0.3) is 67.5 Å². The predicted octanol–water partition coefficient (Wildman–Crippen LogP) is 10.7. The standard InChI is InChI=1S/C41H30N2O/c1-41(2)35-15-7-6-12-33(35)34-14-8-13-32(39(34)41)29-19-23-31(24-20-29)37-26-36(42-40(43-37)38-16-9-25-44-38)30-21-17-28(18-22-30)27-10-4-3-5-11-27/h3-26H,1-2H3. The Bertz CT molecular complexity index is 2110. The van der Waals surface area contributed by atoms with Crippen LogP contribution in [0.15, 0.2) is 150 Å². The predicted molar refractivity (Wildman–Crippen MR) is 179 cm³/mol. The zero-order valence-corrected chi connectivity index (χ0v) is 24.7. The molecule has 0 aliphatic heterocycles. The first-order valence-corrected chi connectivity index (χ1v) is 15.0. The van der Waals surface area contributed by atoms with Crippen molar-refractivity contribution in [3.05, 3.63) is 157 Å². The summed E-state index contributed by atoms with van der Waals surface area (Å²) in [4.78, 5) is 9.85. The quantitative estimate of drug-likeness (QED) is 0.208. The maximum atomic E-state index is 5.72. The second-order valence-electron chi connectivity index (χ2n) is 11.9. The van der Waals surface area contributed by atoms with Gasteiger partial charge in [-0.3, -0.25) is 0 Å². The van der Waals surface area contributed by atoms with Crippen LogP contribution in [-0.2, 0) is 5.41 Å². The Morgan fingerprint density at radius 2 is 1.05 bits per heavy atom. The number of hydrogen-bond donors (Lipinski definition) is 0. The maximum absolute atomic E-state index is 5.72. The van der Waals surface area contributed by atoms with E-state index in [1.54, 1.807) is 6.26 Å². The van der Waals surface area contributed by atoms with E-state index in [2.05, 4.69) is 135 Å². The lowest BCUT2D eigenvalue weighted by molar-refractivity contribution is 0.577. The molecule has 3 nitrogen and oxygen atoms in total. The van der Waals surface area contributed by atoms with Gasteiger partial charge in [0, 0.05) is 16.5 Å². The Morgan fingerprint density at radius 1 is 0.477 bits per heavy atom. The molecule has 1 aliphatic rings. The van der Waals surface area contributed by atoms with Crippen molar-refractivity contribution in [2.75, 3.05) is 0 Å². The van der Waals surface area contributed by atoms with Gasteiger partial charge in [-0.05, 0) is 62.7 Å². The SMILES string of the molecule is CC1(C)c2ccccc2-c2cccc(-c3ccc(-c4cc(-c5ccc(-c6ccccc6)cc5)nc(-c5ccco5)n4)cc3)c21. The van der Waals surface area contributed by atoms with Crippen molar-refractivity contribution in [2.24, 2.45) is 0 Å². The van der Waals surface area contributed by atoms with Crippen molar-refractivity contribution in [2.45, 2.75) is 19.3 Å². The van der Waals surface area contributed by atoms with Crippen LogP contribution in [0.4, 0.5) is 0 Å². The van der Waals surface area contributed by atoms with Crippen LogP contribution in [0.5, 0.6) is 0 Å². The summed E-state index contributed by atoms with van der Waals surface area (Å²) in [6, 6.07) is 49.0. The molecule has 0 saturated heterocycles. The van der Waals surface area contributed by atoms with Gasteiger partial charge >= 0.3 is 0 Å². The van der Waals surface area contributed by atoms with Gasteiger partial charge in [-0.25, -0.2) is 9.97 Å². The van der Waals surface area contributed by atoms with Crippen molar-refractivity contribution in [3.63, 3.8) is 0 Å². The molecule has 0 amide bonds. The third-order valence-electron chi connectivity index (χ3n) is 8.83. The fraction of sp³-hybridized carbons (Fsp3) is 0.0732. The third-order valence-corrected chi connectivity index (χ3v) is 8.83. The normalized spacial score (nSPS) is 13.0. The smallest absolute Gasteiger partial charge is 0.196 e. The summed E-state index contributed by atoms with van der Waals surface area (Å²) in [6.07, 6.45) is 1.66. The van der Waals surface area contributed by atoms with Crippen LogP contribution in [0.2, 0.25) is 0 Å². The van der Waals surface area contributed by atoms with E-state index < -0.39 is 0 Å². The Labute approximate surface area is 257 Å². The van der Waals surface area contributed by atoms with Gasteiger partial charge in [0.25, 0.3) is 0 Å². The third kappa shape index (κ3) is 4.37. The second-order valence-corrected chi connectivity index (χ2v) is 11.9. The van der Waals surface area contributed by atoms with Crippen molar-refractivity contribution in [1.29, 1.82) is 0 Å². The summed E-state index contributed by atoms with van der Waals surface area (Å²) >= 11 is 0. The van der Waals surface area contributed by atoms with E-state index in [0.29, 0.717) is 11.6 Å². The van der Waals surface area contributed by atoms with Crippen LogP contribution in [0.1, 0.15) is 25.0 Å². The van der Waals surface area contributed by atoms with Crippen LogP contribution in [0.3, 0.4) is 0 Å². The average molecular weight is 567 g/mol. The molecule has 0 N–H and O–H groups in total. The van der Waals surface area contributed by atoms with E-state index in [4.69, 9.17) is 14.4 Å². The monoisotopic (exact) mass is 566 g/mol. The fourth-order valence-electron chi connectivity index (χ4n) is 6.63. The Balaban J connectivity index is 1.18. The van der Waals surface area contributed by atoms with Gasteiger partial charge in [0.15, 0.2) is 11.6 Å². The minimum Gasteiger partial charge on any atom is -0.461 e. The van der Waals surface area contributed by atoms with Gasteiger partial charge < -0.3 is 4.42 Å². The van der Waals surface area contributed by atoms with Crippen LogP contribution in [-0.4, -0.2) is 9.97 Å². The number of benzene rings is 5. The Hall–Kier alpha value is -5.54. The number of furan rings is 1. The molecule has 0 fully saturated rings. The molecule has 3 heteroatoms. The number of rotatable bonds is 5. The lowest BCUT2D eigenvalue weighted by Crippen LogP contribution is -2.16. The van der Waals surface area contributed by atoms with Crippen LogP contribution < -0.4 is 0 Å². The summed E-state index contributed by atoms with van der Waals surface area (Å²) in [5.41, 5.74) is 14.0. The molecule has 0 atom stereocenters. The van der Waals surface area contributed by atoms with Crippen molar-refractivity contribution < 1.29 is 4.42 Å². The summed E-state index contributed by atoms with van der Waals surface area (Å²) in [6.45, 7) is 4.67. The minimum atomic E-state index is -0.0727. The first kappa shape index (κ1) is 26.1. The molecule has 0 saturated carbocycles. The van der Waals surface area contributed by atoms with E-state index in [0.717, 1.165) is 22.5 Å². The molecule has 0 unspecified atom stereocenters. The molecule has 0 bridgehead atoms. The number of nitrogens with zero attached hydrogens (tertiary/aromatic N) is 2. The molecule has 5 aromatic carbocycles. The highest BCUT2D eigenvalue weighted by atomic mass is 16.3. The highest BCUT2D eigenvalue weighted by molar-refractivity contribution is 5.88. The first-order chi connectivity index (χ1) is 21.6. The first-order valence-electron chi connectivity index (χ1n) is 15.0. The van der Waals surface area contributed by atoms with Crippen LogP contribution in [0, 0.1) is 0 Å². The topological polar surface area (TPSA) is 38.9 Å². The lowest BCUT2D eigenvalue weighted by atomic mass is 9.79. The molecule has 2 heterocycles. The van der Waals surface area contributed by atoms with Gasteiger partial charge in [-0.2, -0.15) is 0 Å². The summed E-state index contributed by atoms with van der Waals surface area (Å²) in [5, 5.41) is 0. The molecule has 44 heavy (non-hydrogen) atoms. The molecule has 8 rings (SSSR count). The fourth-order valence-corrected chi connectivity index (χ4v) is 6.63. The molecule has 0 radical (unpaired) electrons. The van der Waals surface area contributed by atoms with Crippen LogP contribution >= 0.6 is 0 Å². The molecule has 210 valence electrons. The molecule has 2 aromatic heterocycles. The van der Waals surface area contributed by atoms with Gasteiger partial charge in [0.1, 0.15) is 0 Å².